The summed E-state index contributed by atoms with van der Waals surface area (Å²) in [6.45, 7) is 2.06. The minimum Gasteiger partial charge on any atom is -0.376 e. The van der Waals surface area contributed by atoms with Crippen LogP contribution in [0, 0.1) is 0 Å². The highest BCUT2D eigenvalue weighted by Crippen LogP contribution is 1.87. The number of nitrogens with one attached hydrogen (secondary N) is 1. The lowest BCUT2D eigenvalue weighted by Gasteiger charge is -2.11. The highest BCUT2D eigenvalue weighted by molar-refractivity contribution is 7.80. The highest BCUT2D eigenvalue weighted by atomic mass is 32.1. The van der Waals surface area contributed by atoms with Crippen LogP contribution in [0.1, 0.15) is 19.8 Å². The Morgan fingerprint density at radius 1 is 1.78 bits per heavy atom. The fraction of sp³-hybridized carbons (Fsp3) is 0.800. The summed E-state index contributed by atoms with van der Waals surface area (Å²) in [6.07, 6.45) is 1.86. The highest BCUT2D eigenvalue weighted by Gasteiger charge is 1.97. The van der Waals surface area contributed by atoms with Crippen molar-refractivity contribution in [3.8, 4) is 0 Å². The predicted molar refractivity (Wildman–Crippen MR) is 42.8 cm³/mol. The molecule has 0 aromatic carbocycles. The van der Waals surface area contributed by atoms with E-state index in [9.17, 15) is 0 Å². The Morgan fingerprint density at radius 2 is 2.33 bits per heavy atom. The minimum absolute atomic E-state index is 0.0764. The molecule has 0 radical (unpaired) electrons. The van der Waals surface area contributed by atoms with E-state index in [1.54, 1.807) is 0 Å². The first-order valence-corrected chi connectivity index (χ1v) is 3.39. The monoisotopic (exact) mass is 147 g/mol. The van der Waals surface area contributed by atoms with Crippen molar-refractivity contribution < 1.29 is 0 Å². The zero-order chi connectivity index (χ0) is 7.28. The summed E-state index contributed by atoms with van der Waals surface area (Å²) < 4.78 is 0. The van der Waals surface area contributed by atoms with E-state index in [2.05, 4.69) is 24.5 Å². The van der Waals surface area contributed by atoms with E-state index in [1.807, 2.05) is 0 Å². The molecule has 1 unspecified atom stereocenters. The van der Waals surface area contributed by atoms with E-state index in [1.165, 1.54) is 0 Å². The molecule has 54 valence electrons. The molecular formula is C5H13N3S. The average Bonchev–Trinajstić information content (AvgIpc) is 1.63. The van der Waals surface area contributed by atoms with Gasteiger partial charge in [-0.15, -0.1) is 0 Å². The van der Waals surface area contributed by atoms with Crippen LogP contribution in [0.2, 0.25) is 0 Å². The first kappa shape index (κ1) is 8.65. The standard InChI is InChI=1S/C5H13N3S/c1-2-3-4(6)8-5(7)9/h4H,2-3,6H2,1H3,(H3,7,8,9). The normalized spacial score (nSPS) is 12.7. The van der Waals surface area contributed by atoms with Crippen molar-refractivity contribution >= 4 is 17.3 Å². The van der Waals surface area contributed by atoms with E-state index >= 15 is 0 Å². The first-order valence-electron chi connectivity index (χ1n) is 2.98. The van der Waals surface area contributed by atoms with Gasteiger partial charge in [-0.3, -0.25) is 0 Å². The van der Waals surface area contributed by atoms with Gasteiger partial charge in [0.25, 0.3) is 0 Å². The van der Waals surface area contributed by atoms with Crippen LogP contribution in [-0.2, 0) is 0 Å². The van der Waals surface area contributed by atoms with Crippen molar-refractivity contribution in [2.24, 2.45) is 11.5 Å². The van der Waals surface area contributed by atoms with Crippen molar-refractivity contribution in [3.05, 3.63) is 0 Å². The van der Waals surface area contributed by atoms with Gasteiger partial charge in [0.1, 0.15) is 0 Å². The van der Waals surface area contributed by atoms with Gasteiger partial charge in [0, 0.05) is 0 Å². The Kier molecular flexibility index (Phi) is 4.35. The summed E-state index contributed by atoms with van der Waals surface area (Å²) in [6, 6.07) is 0. The van der Waals surface area contributed by atoms with Gasteiger partial charge in [-0.25, -0.2) is 0 Å². The molecule has 0 rings (SSSR count). The van der Waals surface area contributed by atoms with Gasteiger partial charge in [0.15, 0.2) is 5.11 Å². The maximum Gasteiger partial charge on any atom is 0.164 e. The molecule has 0 saturated carbocycles. The van der Waals surface area contributed by atoms with E-state index in [0.29, 0.717) is 0 Å². The molecule has 0 amide bonds. The van der Waals surface area contributed by atoms with Crippen LogP contribution < -0.4 is 16.8 Å². The van der Waals surface area contributed by atoms with Crippen molar-refractivity contribution in [1.82, 2.24) is 5.32 Å². The summed E-state index contributed by atoms with van der Waals surface area (Å²) in [4.78, 5) is 0. The van der Waals surface area contributed by atoms with Crippen molar-refractivity contribution in [1.29, 1.82) is 0 Å². The van der Waals surface area contributed by atoms with Crippen LogP contribution in [0.5, 0.6) is 0 Å². The maximum absolute atomic E-state index is 5.51. The fourth-order valence-electron chi connectivity index (χ4n) is 0.566. The van der Waals surface area contributed by atoms with E-state index < -0.39 is 0 Å². The topological polar surface area (TPSA) is 64.1 Å². The molecule has 0 heterocycles. The summed E-state index contributed by atoms with van der Waals surface area (Å²) in [5.74, 6) is 0. The van der Waals surface area contributed by atoms with Crippen LogP contribution in [0.25, 0.3) is 0 Å². The molecule has 0 aromatic rings. The molecule has 0 aliphatic carbocycles. The van der Waals surface area contributed by atoms with Gasteiger partial charge in [-0.05, 0) is 18.6 Å². The number of thiocarbonyl (C=S) groups is 1. The molecule has 0 saturated heterocycles. The molecule has 5 N–H and O–H groups in total. The predicted octanol–water partition coefficient (Wildman–Crippen LogP) is -0.0955. The van der Waals surface area contributed by atoms with E-state index in [4.69, 9.17) is 11.5 Å². The Balaban J connectivity index is 3.26. The van der Waals surface area contributed by atoms with Gasteiger partial charge in [-0.2, -0.15) is 0 Å². The summed E-state index contributed by atoms with van der Waals surface area (Å²) in [5.41, 5.74) is 10.7. The van der Waals surface area contributed by atoms with Crippen molar-refractivity contribution in [2.45, 2.75) is 25.9 Å². The second-order valence-corrected chi connectivity index (χ2v) is 2.34. The SMILES string of the molecule is CCCC(N)NC(N)=S. The third-order valence-electron chi connectivity index (χ3n) is 0.927. The third-order valence-corrected chi connectivity index (χ3v) is 1.05. The van der Waals surface area contributed by atoms with Crippen LogP contribution >= 0.6 is 12.2 Å². The van der Waals surface area contributed by atoms with Gasteiger partial charge >= 0.3 is 0 Å². The molecule has 0 aromatic heterocycles. The van der Waals surface area contributed by atoms with Crippen LogP contribution in [0.4, 0.5) is 0 Å². The Morgan fingerprint density at radius 3 is 2.67 bits per heavy atom. The smallest absolute Gasteiger partial charge is 0.164 e. The lowest BCUT2D eigenvalue weighted by molar-refractivity contribution is 0.574. The second-order valence-electron chi connectivity index (χ2n) is 1.90. The molecule has 0 bridgehead atoms. The summed E-state index contributed by atoms with van der Waals surface area (Å²) in [7, 11) is 0. The van der Waals surface area contributed by atoms with Crippen LogP contribution in [0.15, 0.2) is 0 Å². The Labute approximate surface area is 60.8 Å². The molecule has 0 fully saturated rings. The quantitative estimate of drug-likeness (QED) is 0.385. The van der Waals surface area contributed by atoms with Gasteiger partial charge in [-0.1, -0.05) is 13.3 Å². The summed E-state index contributed by atoms with van der Waals surface area (Å²) in [5, 5.41) is 3.00. The molecule has 0 aliphatic rings. The van der Waals surface area contributed by atoms with E-state index in [-0.39, 0.29) is 11.3 Å². The zero-order valence-corrected chi connectivity index (χ0v) is 6.37. The fourth-order valence-corrected chi connectivity index (χ4v) is 0.717. The van der Waals surface area contributed by atoms with Gasteiger partial charge in [0.05, 0.1) is 6.17 Å². The summed E-state index contributed by atoms with van der Waals surface area (Å²) >= 11 is 4.57. The number of hydrogen-bond acceptors (Lipinski definition) is 2. The third kappa shape index (κ3) is 5.52. The van der Waals surface area contributed by atoms with Crippen molar-refractivity contribution in [3.63, 3.8) is 0 Å². The minimum atomic E-state index is -0.0764. The lowest BCUT2D eigenvalue weighted by Crippen LogP contribution is -2.43. The number of hydrogen-bond donors (Lipinski definition) is 3. The largest absolute Gasteiger partial charge is 0.376 e. The van der Waals surface area contributed by atoms with Crippen LogP contribution in [0.3, 0.4) is 0 Å². The zero-order valence-electron chi connectivity index (χ0n) is 5.55. The molecule has 3 nitrogen and oxygen atoms in total. The Hall–Kier alpha value is -0.350. The van der Waals surface area contributed by atoms with Crippen LogP contribution in [-0.4, -0.2) is 11.3 Å². The molecule has 9 heavy (non-hydrogen) atoms. The number of rotatable bonds is 3. The molecule has 0 aliphatic heterocycles. The first-order chi connectivity index (χ1) is 4.16. The van der Waals surface area contributed by atoms with Gasteiger partial charge < -0.3 is 16.8 Å². The maximum atomic E-state index is 5.51. The Bertz CT molecular complexity index is 94.2. The molecular weight excluding hydrogens is 134 g/mol. The van der Waals surface area contributed by atoms with Crippen molar-refractivity contribution in [2.75, 3.05) is 0 Å². The molecule has 4 heteroatoms. The second kappa shape index (κ2) is 4.52. The average molecular weight is 147 g/mol. The van der Waals surface area contributed by atoms with Gasteiger partial charge in [0.2, 0.25) is 0 Å². The lowest BCUT2D eigenvalue weighted by atomic mass is 10.3. The van der Waals surface area contributed by atoms with E-state index in [0.717, 1.165) is 12.8 Å². The molecule has 0 spiro atoms. The molecule has 1 atom stereocenters. The number of nitrogens with two attached hydrogens (primary N) is 2.